The third-order valence-corrected chi connectivity index (χ3v) is 7.74. The second-order valence-electron chi connectivity index (χ2n) is 7.90. The summed E-state index contributed by atoms with van der Waals surface area (Å²) >= 11 is 5.83. The van der Waals surface area contributed by atoms with Crippen LogP contribution in [-0.2, 0) is 16.4 Å². The van der Waals surface area contributed by atoms with Crippen LogP contribution in [0.15, 0.2) is 28.0 Å². The number of aromatic nitrogens is 3. The number of rotatable bonds is 5. The number of halogens is 2. The van der Waals surface area contributed by atoms with Crippen molar-refractivity contribution in [1.82, 2.24) is 19.2 Å². The molecule has 1 amide bonds. The van der Waals surface area contributed by atoms with E-state index in [4.69, 9.17) is 11.6 Å². The molecule has 0 aliphatic carbocycles. The molecule has 1 N–H and O–H groups in total. The van der Waals surface area contributed by atoms with E-state index in [2.05, 4.69) is 5.10 Å². The Bertz CT molecular complexity index is 1460. The molecule has 0 radical (unpaired) electrons. The third kappa shape index (κ3) is 3.59. The van der Waals surface area contributed by atoms with Crippen molar-refractivity contribution in [2.45, 2.75) is 38.4 Å². The van der Waals surface area contributed by atoms with Crippen molar-refractivity contribution in [2.24, 2.45) is 0 Å². The van der Waals surface area contributed by atoms with E-state index in [0.717, 1.165) is 10.7 Å². The number of aromatic hydroxyl groups is 1. The quantitative estimate of drug-likeness (QED) is 0.580. The number of fused-ring (bicyclic) bond motifs is 3. The molecule has 1 aliphatic heterocycles. The van der Waals surface area contributed by atoms with Gasteiger partial charge >= 0.3 is 0 Å². The first-order chi connectivity index (χ1) is 15.5. The van der Waals surface area contributed by atoms with Gasteiger partial charge in [0, 0.05) is 19.1 Å². The summed E-state index contributed by atoms with van der Waals surface area (Å²) in [6.07, 6.45) is 0. The first-order valence-corrected chi connectivity index (χ1v) is 12.4. The van der Waals surface area contributed by atoms with Gasteiger partial charge in [-0.3, -0.25) is 9.59 Å². The minimum atomic E-state index is -3.97. The molecule has 0 saturated carbocycles. The normalized spacial score (nSPS) is 16.5. The van der Waals surface area contributed by atoms with Crippen molar-refractivity contribution in [3.8, 4) is 5.75 Å². The van der Waals surface area contributed by atoms with Crippen molar-refractivity contribution in [3.63, 3.8) is 0 Å². The van der Waals surface area contributed by atoms with E-state index in [1.54, 1.807) is 13.8 Å². The fourth-order valence-corrected chi connectivity index (χ4v) is 5.33. The maximum atomic E-state index is 13.5. The number of carbonyl (C=O) groups is 1. The van der Waals surface area contributed by atoms with Crippen LogP contribution in [0.25, 0.3) is 10.9 Å². The molecule has 3 aromatic rings. The highest BCUT2D eigenvalue weighted by molar-refractivity contribution is 7.91. The lowest BCUT2D eigenvalue weighted by Gasteiger charge is -2.32. The van der Waals surface area contributed by atoms with Crippen molar-refractivity contribution in [1.29, 1.82) is 0 Å². The molecule has 0 fully saturated rings. The number of nitrogens with zero attached hydrogens (tertiary/aromatic N) is 4. The molecule has 1 atom stereocenters. The number of benzene rings is 1. The molecule has 176 valence electrons. The fraction of sp³-hybridized carbons (Fsp3) is 0.381. The highest BCUT2D eigenvalue weighted by atomic mass is 35.5. The Hall–Kier alpha value is -2.92. The maximum Gasteiger partial charge on any atom is 0.280 e. The maximum absolute atomic E-state index is 13.5. The molecule has 12 heteroatoms. The van der Waals surface area contributed by atoms with Crippen LogP contribution in [0.5, 0.6) is 5.75 Å². The predicted octanol–water partition coefficient (Wildman–Crippen LogP) is 2.57. The number of hydrogen-bond donors (Lipinski definition) is 1. The Kier molecular flexibility index (Phi) is 5.73. The molecular formula is C21H22ClFN4O5S. The second kappa shape index (κ2) is 8.14. The first-order valence-electron chi connectivity index (χ1n) is 10.4. The van der Waals surface area contributed by atoms with E-state index < -0.39 is 43.9 Å². The summed E-state index contributed by atoms with van der Waals surface area (Å²) < 4.78 is 41.8. The molecule has 2 aromatic heterocycles. The number of amides is 1. The van der Waals surface area contributed by atoms with Gasteiger partial charge in [0.15, 0.2) is 26.3 Å². The molecule has 33 heavy (non-hydrogen) atoms. The molecule has 1 aromatic carbocycles. The molecular weight excluding hydrogens is 475 g/mol. The largest absolute Gasteiger partial charge is 0.505 e. The Morgan fingerprint density at radius 3 is 2.58 bits per heavy atom. The summed E-state index contributed by atoms with van der Waals surface area (Å²) in [6, 6.07) is 3.42. The molecule has 0 spiro atoms. The van der Waals surface area contributed by atoms with Gasteiger partial charge in [0.25, 0.3) is 11.5 Å². The van der Waals surface area contributed by atoms with Gasteiger partial charge < -0.3 is 14.6 Å². The van der Waals surface area contributed by atoms with Crippen molar-refractivity contribution < 1.29 is 22.7 Å². The number of carbonyl (C=O) groups excluding carboxylic acids is 1. The van der Waals surface area contributed by atoms with Crippen LogP contribution in [0.2, 0.25) is 5.02 Å². The van der Waals surface area contributed by atoms with Crippen LogP contribution in [0.4, 0.5) is 4.39 Å². The summed E-state index contributed by atoms with van der Waals surface area (Å²) in [6.45, 7) is 5.45. The van der Waals surface area contributed by atoms with Gasteiger partial charge in [0.05, 0.1) is 22.8 Å². The van der Waals surface area contributed by atoms with Gasteiger partial charge in [0.1, 0.15) is 11.2 Å². The van der Waals surface area contributed by atoms with Gasteiger partial charge in [-0.1, -0.05) is 24.6 Å². The van der Waals surface area contributed by atoms with Gasteiger partial charge in [-0.05, 0) is 31.5 Å². The Labute approximate surface area is 193 Å². The average Bonchev–Trinajstić information content (AvgIpc) is 3.09. The van der Waals surface area contributed by atoms with E-state index in [-0.39, 0.29) is 40.5 Å². The lowest BCUT2D eigenvalue weighted by atomic mass is 10.2. The SMILES string of the molecule is CCN1C[C@H](C)n2c(c(O)c3c(=O)n(Cc4ccc(F)c(Cl)c4)nc(S(=O)(=O)CC)c32)C1=O. The molecule has 0 unspecified atom stereocenters. The van der Waals surface area contributed by atoms with E-state index in [9.17, 15) is 27.5 Å². The van der Waals surface area contributed by atoms with Crippen LogP contribution >= 0.6 is 11.6 Å². The smallest absolute Gasteiger partial charge is 0.280 e. The number of sulfone groups is 1. The third-order valence-electron chi connectivity index (χ3n) is 5.83. The fourth-order valence-electron chi connectivity index (χ4n) is 4.14. The van der Waals surface area contributed by atoms with Gasteiger partial charge in [-0.25, -0.2) is 17.5 Å². The summed E-state index contributed by atoms with van der Waals surface area (Å²) in [7, 11) is -3.97. The molecule has 0 bridgehead atoms. The minimum absolute atomic E-state index is 0.0839. The lowest BCUT2D eigenvalue weighted by Crippen LogP contribution is -2.41. The zero-order valence-electron chi connectivity index (χ0n) is 18.2. The zero-order chi connectivity index (χ0) is 24.2. The molecule has 0 saturated heterocycles. The van der Waals surface area contributed by atoms with Crippen molar-refractivity contribution in [2.75, 3.05) is 18.8 Å². The molecule has 9 nitrogen and oxygen atoms in total. The van der Waals surface area contributed by atoms with Crippen LogP contribution in [0, 0.1) is 5.82 Å². The van der Waals surface area contributed by atoms with E-state index in [1.165, 1.54) is 28.5 Å². The van der Waals surface area contributed by atoms with Crippen molar-refractivity contribution >= 4 is 38.2 Å². The number of likely N-dealkylation sites (N-methyl/N-ethyl adjacent to an activating group) is 1. The topological polar surface area (TPSA) is 114 Å². The van der Waals surface area contributed by atoms with Gasteiger partial charge in [-0.2, -0.15) is 5.10 Å². The molecule has 4 rings (SSSR count). The Balaban J connectivity index is 2.07. The van der Waals surface area contributed by atoms with Crippen LogP contribution in [0.1, 0.15) is 42.9 Å². The summed E-state index contributed by atoms with van der Waals surface area (Å²) in [4.78, 5) is 27.9. The van der Waals surface area contributed by atoms with E-state index in [1.807, 2.05) is 0 Å². The summed E-state index contributed by atoms with van der Waals surface area (Å²) in [5, 5.41) is 14.2. The summed E-state index contributed by atoms with van der Waals surface area (Å²) in [5.74, 6) is -2.03. The van der Waals surface area contributed by atoms with Crippen molar-refractivity contribution in [3.05, 3.63) is 50.7 Å². The Morgan fingerprint density at radius 2 is 1.97 bits per heavy atom. The molecule has 3 heterocycles. The average molecular weight is 497 g/mol. The zero-order valence-corrected chi connectivity index (χ0v) is 19.7. The van der Waals surface area contributed by atoms with E-state index >= 15 is 0 Å². The molecule has 1 aliphatic rings. The lowest BCUT2D eigenvalue weighted by molar-refractivity contribution is 0.0686. The predicted molar refractivity (Wildman–Crippen MR) is 120 cm³/mol. The monoisotopic (exact) mass is 496 g/mol. The first kappa shape index (κ1) is 23.2. The highest BCUT2D eigenvalue weighted by Crippen LogP contribution is 2.39. The van der Waals surface area contributed by atoms with Crippen LogP contribution < -0.4 is 5.56 Å². The van der Waals surface area contributed by atoms with Crippen LogP contribution in [-0.4, -0.2) is 57.5 Å². The summed E-state index contributed by atoms with van der Waals surface area (Å²) in [5.41, 5.74) is -0.595. The van der Waals surface area contributed by atoms with Crippen LogP contribution in [0.3, 0.4) is 0 Å². The standard InChI is InChI=1S/C21H22ClFN4O5S/c1-4-25-9-11(3)27-16-15(18(28)17(27)21(25)30)20(29)26(24-19(16)33(31,32)5-2)10-12-6-7-14(23)13(22)8-12/h6-8,11,28H,4-5,9-10H2,1-3H3/t11-/m0/s1. The minimum Gasteiger partial charge on any atom is -0.505 e. The highest BCUT2D eigenvalue weighted by Gasteiger charge is 2.38. The Morgan fingerprint density at radius 1 is 1.27 bits per heavy atom. The second-order valence-corrected chi connectivity index (χ2v) is 10.5. The van der Waals surface area contributed by atoms with Gasteiger partial charge in [0.2, 0.25) is 0 Å². The van der Waals surface area contributed by atoms with E-state index in [0.29, 0.717) is 12.1 Å². The number of hydrogen-bond acceptors (Lipinski definition) is 6. The van der Waals surface area contributed by atoms with Gasteiger partial charge in [-0.15, -0.1) is 0 Å².